The Morgan fingerprint density at radius 1 is 0.720 bits per heavy atom. The van der Waals surface area contributed by atoms with Crippen LogP contribution < -0.4 is 15.6 Å². The monoisotopic (exact) mass is 345 g/mol. The van der Waals surface area contributed by atoms with E-state index in [-0.39, 0.29) is 5.97 Å². The van der Waals surface area contributed by atoms with Crippen LogP contribution in [0.2, 0.25) is 0 Å². The number of hydrogen-bond acceptors (Lipinski definition) is 2. The van der Waals surface area contributed by atoms with Gasteiger partial charge in [0.15, 0.2) is 0 Å². The lowest BCUT2D eigenvalue weighted by atomic mass is 10.3. The number of carbonyl (C=O) groups is 1. The molecule has 0 aliphatic heterocycles. The van der Waals surface area contributed by atoms with Gasteiger partial charge in [-0.25, -0.2) is 0 Å². The first-order valence-corrected chi connectivity index (χ1v) is 10.4. The lowest BCUT2D eigenvalue weighted by molar-refractivity contribution is -0.134. The molecule has 0 aliphatic rings. The number of rotatable bonds is 6. The van der Waals surface area contributed by atoms with Gasteiger partial charge in [0.1, 0.15) is 0 Å². The van der Waals surface area contributed by atoms with Gasteiger partial charge in [-0.05, 0) is 22.0 Å². The fraction of sp³-hybridized carbons (Fsp3) is 0.0909. The molecule has 2 nitrogen and oxygen atoms in total. The highest BCUT2D eigenvalue weighted by atomic mass is 28.4. The van der Waals surface area contributed by atoms with Crippen molar-refractivity contribution >= 4 is 29.8 Å². The van der Waals surface area contributed by atoms with Gasteiger partial charge in [-0.3, -0.25) is 4.79 Å². The zero-order valence-electron chi connectivity index (χ0n) is 14.1. The highest BCUT2D eigenvalue weighted by molar-refractivity contribution is 7.07. The first kappa shape index (κ1) is 17.2. The first-order chi connectivity index (χ1) is 12.3. The third-order valence-electron chi connectivity index (χ3n) is 4.19. The molecule has 0 aliphatic carbocycles. The van der Waals surface area contributed by atoms with Crippen LogP contribution in [-0.2, 0) is 9.22 Å². The second-order valence-electron chi connectivity index (χ2n) is 5.86. The normalized spacial score (nSPS) is 11.1. The largest absolute Gasteiger partial charge is 0.506 e. The van der Waals surface area contributed by atoms with Gasteiger partial charge in [-0.1, -0.05) is 97.9 Å². The topological polar surface area (TPSA) is 26.3 Å². The Labute approximate surface area is 150 Å². The summed E-state index contributed by atoms with van der Waals surface area (Å²) >= 11 is 0. The highest BCUT2D eigenvalue weighted by Crippen LogP contribution is 2.11. The van der Waals surface area contributed by atoms with Gasteiger partial charge in [0, 0.05) is 6.42 Å². The molecule has 0 bridgehead atoms. The molecule has 0 saturated heterocycles. The van der Waals surface area contributed by atoms with Gasteiger partial charge < -0.3 is 4.43 Å². The summed E-state index contributed by atoms with van der Waals surface area (Å²) in [6.45, 7) is 3.79. The predicted octanol–water partition coefficient (Wildman–Crippen LogP) is 2.81. The summed E-state index contributed by atoms with van der Waals surface area (Å²) in [6.07, 6.45) is 0.850. The van der Waals surface area contributed by atoms with E-state index in [1.807, 2.05) is 54.6 Å². The molecule has 125 valence electrons. The van der Waals surface area contributed by atoms with Crippen LogP contribution in [0.3, 0.4) is 0 Å². The van der Waals surface area contributed by atoms with Crippen molar-refractivity contribution in [2.45, 2.75) is 12.8 Å². The molecule has 3 aromatic rings. The van der Waals surface area contributed by atoms with Crippen molar-refractivity contribution in [3.05, 3.63) is 97.9 Å². The zero-order valence-corrected chi connectivity index (χ0v) is 15.1. The van der Waals surface area contributed by atoms with Gasteiger partial charge in [-0.15, -0.1) is 0 Å². The minimum atomic E-state index is -2.90. The number of hydrogen-bond donors (Lipinski definition) is 0. The van der Waals surface area contributed by atoms with Gasteiger partial charge in [0.05, 0.1) is 0 Å². The molecule has 3 heteroatoms. The second kappa shape index (κ2) is 7.95. The van der Waals surface area contributed by atoms with Crippen molar-refractivity contribution in [2.75, 3.05) is 0 Å². The molecule has 0 saturated carbocycles. The van der Waals surface area contributed by atoms with E-state index in [0.717, 1.165) is 15.6 Å². The molecular formula is C22H21O2Si. The molecule has 1 radical (unpaired) electrons. The fourth-order valence-corrected chi connectivity index (χ4v) is 6.84. The molecule has 3 aromatic carbocycles. The summed E-state index contributed by atoms with van der Waals surface area (Å²) in [5.74, 6) is -0.196. The summed E-state index contributed by atoms with van der Waals surface area (Å²) < 4.78 is 6.30. The van der Waals surface area contributed by atoms with E-state index in [4.69, 9.17) is 4.43 Å². The molecule has 0 spiro atoms. The highest BCUT2D eigenvalue weighted by Gasteiger charge is 2.44. The second-order valence-corrected chi connectivity index (χ2v) is 9.16. The zero-order chi connectivity index (χ0) is 17.5. The minimum Gasteiger partial charge on any atom is -0.506 e. The molecule has 3 rings (SSSR count). The molecule has 0 N–H and O–H groups in total. The van der Waals surface area contributed by atoms with Crippen LogP contribution in [0.4, 0.5) is 0 Å². The van der Waals surface area contributed by atoms with Crippen molar-refractivity contribution in [3.63, 3.8) is 0 Å². The average molecular weight is 345 g/mol. The van der Waals surface area contributed by atoms with E-state index in [2.05, 4.69) is 43.3 Å². The maximum atomic E-state index is 12.6. The minimum absolute atomic E-state index is 0.196. The predicted molar refractivity (Wildman–Crippen MR) is 105 cm³/mol. The Morgan fingerprint density at radius 3 is 1.40 bits per heavy atom. The van der Waals surface area contributed by atoms with Gasteiger partial charge in [0.2, 0.25) is 0 Å². The van der Waals surface area contributed by atoms with Crippen molar-refractivity contribution < 1.29 is 9.22 Å². The fourth-order valence-electron chi connectivity index (χ4n) is 3.06. The molecule has 0 amide bonds. The van der Waals surface area contributed by atoms with E-state index in [0.29, 0.717) is 12.8 Å². The summed E-state index contributed by atoms with van der Waals surface area (Å²) in [5, 5.41) is 3.18. The quantitative estimate of drug-likeness (QED) is 0.507. The third-order valence-corrected chi connectivity index (χ3v) is 8.16. The smallest absolute Gasteiger partial charge is 0.350 e. The van der Waals surface area contributed by atoms with E-state index in [1.165, 1.54) is 0 Å². The van der Waals surface area contributed by atoms with E-state index >= 15 is 0 Å². The molecule has 0 atom stereocenters. The van der Waals surface area contributed by atoms with Crippen LogP contribution in [-0.4, -0.2) is 14.3 Å². The molecule has 25 heavy (non-hydrogen) atoms. The first-order valence-electron chi connectivity index (χ1n) is 8.45. The van der Waals surface area contributed by atoms with Crippen LogP contribution >= 0.6 is 0 Å². The Morgan fingerprint density at radius 2 is 1.08 bits per heavy atom. The Balaban J connectivity index is 2.26. The molecule has 0 fully saturated rings. The van der Waals surface area contributed by atoms with E-state index in [1.54, 1.807) is 0 Å². The molecule has 0 unspecified atom stereocenters. The molecule has 0 heterocycles. The van der Waals surface area contributed by atoms with Crippen LogP contribution in [0, 0.1) is 6.92 Å². The standard InChI is InChI=1S/C22H21O2Si/c1-2-12-22(23)24-25(19-13-6-3-7-14-19,20-15-8-4-9-16-20)21-17-10-5-11-18-21/h3-11,13-18H,1-2,12H2. The van der Waals surface area contributed by atoms with Crippen LogP contribution in [0.1, 0.15) is 12.8 Å². The van der Waals surface area contributed by atoms with Crippen LogP contribution in [0.5, 0.6) is 0 Å². The Kier molecular flexibility index (Phi) is 5.46. The van der Waals surface area contributed by atoms with Crippen molar-refractivity contribution in [2.24, 2.45) is 0 Å². The Hall–Kier alpha value is -2.65. The summed E-state index contributed by atoms with van der Waals surface area (Å²) in [6, 6.07) is 30.3. The van der Waals surface area contributed by atoms with Crippen LogP contribution in [0.15, 0.2) is 91.0 Å². The van der Waals surface area contributed by atoms with Crippen molar-refractivity contribution in [3.8, 4) is 0 Å². The van der Waals surface area contributed by atoms with E-state index < -0.39 is 8.32 Å². The lowest BCUT2D eigenvalue weighted by Crippen LogP contribution is -2.70. The van der Waals surface area contributed by atoms with Crippen molar-refractivity contribution in [1.29, 1.82) is 0 Å². The van der Waals surface area contributed by atoms with Gasteiger partial charge >= 0.3 is 8.32 Å². The van der Waals surface area contributed by atoms with Gasteiger partial charge in [-0.2, -0.15) is 0 Å². The number of benzene rings is 3. The summed E-state index contributed by atoms with van der Waals surface area (Å²) in [5.41, 5.74) is 0. The SMILES string of the molecule is [CH2]CCC(=O)O[Si](c1ccccc1)(c1ccccc1)c1ccccc1. The molecular weight excluding hydrogens is 324 g/mol. The Bertz CT molecular complexity index is 705. The van der Waals surface area contributed by atoms with Crippen molar-refractivity contribution in [1.82, 2.24) is 0 Å². The van der Waals surface area contributed by atoms with Crippen LogP contribution in [0.25, 0.3) is 0 Å². The maximum absolute atomic E-state index is 12.6. The maximum Gasteiger partial charge on any atom is 0.350 e. The molecule has 0 aromatic heterocycles. The van der Waals surface area contributed by atoms with E-state index in [9.17, 15) is 4.79 Å². The summed E-state index contributed by atoms with van der Waals surface area (Å²) in [7, 11) is -2.90. The van der Waals surface area contributed by atoms with Gasteiger partial charge in [0.25, 0.3) is 5.97 Å². The number of carbonyl (C=O) groups excluding carboxylic acids is 1. The lowest BCUT2D eigenvalue weighted by Gasteiger charge is -2.32. The summed E-state index contributed by atoms with van der Waals surface area (Å²) in [4.78, 5) is 12.6. The third kappa shape index (κ3) is 3.56. The average Bonchev–Trinajstić information content (AvgIpc) is 2.68.